The minimum Gasteiger partial charge on any atom is -0.249 e. The largest absolute Gasteiger partial charge is 0.355 e. The van der Waals surface area contributed by atoms with Crippen LogP contribution < -0.4 is 5.69 Å². The average Bonchev–Trinajstić information content (AvgIpc) is 2.93. The van der Waals surface area contributed by atoms with Gasteiger partial charge in [0.05, 0.1) is 5.69 Å². The summed E-state index contributed by atoms with van der Waals surface area (Å²) in [6.45, 7) is 0. The van der Waals surface area contributed by atoms with Crippen molar-refractivity contribution in [1.29, 1.82) is 0 Å². The van der Waals surface area contributed by atoms with Crippen molar-refractivity contribution in [2.45, 2.75) is 0 Å². The number of nitrogens with zero attached hydrogens (tertiary/aromatic N) is 3. The molecule has 22 heavy (non-hydrogen) atoms. The predicted octanol–water partition coefficient (Wildman–Crippen LogP) is 3.15. The molecule has 0 saturated carbocycles. The first-order valence-corrected chi connectivity index (χ1v) is 7.05. The number of pyridine rings is 1. The van der Waals surface area contributed by atoms with Crippen LogP contribution in [-0.2, 0) is 0 Å². The molecule has 0 aliphatic rings. The Bertz CT molecular complexity index is 985. The van der Waals surface area contributed by atoms with Crippen LogP contribution in [0.15, 0.2) is 83.8 Å². The summed E-state index contributed by atoms with van der Waals surface area (Å²) in [6.07, 6.45) is 1.83. The van der Waals surface area contributed by atoms with Gasteiger partial charge in [-0.3, -0.25) is 0 Å². The molecule has 2 aromatic carbocycles. The molecule has 0 fully saturated rings. The number of aromatic nitrogens is 3. The Kier molecular flexibility index (Phi) is 2.86. The van der Waals surface area contributed by atoms with Crippen molar-refractivity contribution in [1.82, 2.24) is 14.2 Å². The highest BCUT2D eigenvalue weighted by Crippen LogP contribution is 2.18. The van der Waals surface area contributed by atoms with E-state index in [2.05, 4.69) is 5.10 Å². The lowest BCUT2D eigenvalue weighted by Gasteiger charge is -2.00. The van der Waals surface area contributed by atoms with E-state index in [1.165, 1.54) is 4.68 Å². The third kappa shape index (κ3) is 2.02. The van der Waals surface area contributed by atoms with E-state index in [1.807, 2.05) is 79.0 Å². The van der Waals surface area contributed by atoms with E-state index in [0.29, 0.717) is 5.65 Å². The van der Waals surface area contributed by atoms with Gasteiger partial charge in [-0.1, -0.05) is 48.5 Å². The number of hydrogen-bond acceptors (Lipinski definition) is 2. The minimum absolute atomic E-state index is 0.168. The second-order valence-corrected chi connectivity index (χ2v) is 5.04. The normalized spacial score (nSPS) is 10.9. The maximum absolute atomic E-state index is 12.6. The molecular formula is C18H13N3O. The summed E-state index contributed by atoms with van der Waals surface area (Å²) in [6, 6.07) is 23.3. The van der Waals surface area contributed by atoms with Gasteiger partial charge < -0.3 is 0 Å². The topological polar surface area (TPSA) is 39.3 Å². The number of rotatable bonds is 2. The molecule has 4 aromatic rings. The molecule has 4 nitrogen and oxygen atoms in total. The molecule has 0 amide bonds. The third-order valence-electron chi connectivity index (χ3n) is 3.62. The maximum atomic E-state index is 12.6. The number of fused-ring (bicyclic) bond motifs is 1. The fourth-order valence-electron chi connectivity index (χ4n) is 2.51. The smallest absolute Gasteiger partial charge is 0.249 e. The zero-order valence-corrected chi connectivity index (χ0v) is 11.8. The van der Waals surface area contributed by atoms with E-state index in [-0.39, 0.29) is 5.69 Å². The van der Waals surface area contributed by atoms with Crippen LogP contribution >= 0.6 is 0 Å². The molecular weight excluding hydrogens is 274 g/mol. The predicted molar refractivity (Wildman–Crippen MR) is 86.2 cm³/mol. The maximum Gasteiger partial charge on any atom is 0.355 e. The highest BCUT2D eigenvalue weighted by atomic mass is 16.2. The standard InChI is InChI=1S/C18H13N3O/c22-18-20-13-15(14-7-3-1-4-8-14)11-12-17(20)19-21(18)16-9-5-2-6-10-16/h1-13H. The summed E-state index contributed by atoms with van der Waals surface area (Å²) < 4.78 is 3.00. The molecule has 106 valence electrons. The van der Waals surface area contributed by atoms with Crippen LogP contribution in [0.1, 0.15) is 0 Å². The second kappa shape index (κ2) is 5.00. The highest BCUT2D eigenvalue weighted by Gasteiger charge is 2.09. The molecule has 0 bridgehead atoms. The number of hydrogen-bond donors (Lipinski definition) is 0. The lowest BCUT2D eigenvalue weighted by molar-refractivity contribution is 0.839. The van der Waals surface area contributed by atoms with Crippen molar-refractivity contribution in [3.63, 3.8) is 0 Å². The first kappa shape index (κ1) is 12.6. The van der Waals surface area contributed by atoms with Gasteiger partial charge in [-0.15, -0.1) is 5.10 Å². The Morgan fingerprint density at radius 2 is 1.41 bits per heavy atom. The molecule has 0 atom stereocenters. The molecule has 4 rings (SSSR count). The van der Waals surface area contributed by atoms with Crippen LogP contribution in [-0.4, -0.2) is 14.2 Å². The van der Waals surface area contributed by atoms with Crippen LogP contribution in [0.2, 0.25) is 0 Å². The molecule has 0 radical (unpaired) electrons. The van der Waals surface area contributed by atoms with E-state index >= 15 is 0 Å². The van der Waals surface area contributed by atoms with Gasteiger partial charge >= 0.3 is 5.69 Å². The molecule has 0 saturated heterocycles. The fraction of sp³-hybridized carbons (Fsp3) is 0. The number of para-hydroxylation sites is 1. The van der Waals surface area contributed by atoms with E-state index < -0.39 is 0 Å². The Morgan fingerprint density at radius 3 is 2.14 bits per heavy atom. The summed E-state index contributed by atoms with van der Waals surface area (Å²) >= 11 is 0. The first-order valence-electron chi connectivity index (χ1n) is 7.05. The molecule has 2 aromatic heterocycles. The summed E-state index contributed by atoms with van der Waals surface area (Å²) in [5.74, 6) is 0. The zero-order chi connectivity index (χ0) is 14.9. The Labute approximate surface area is 126 Å². The molecule has 4 heteroatoms. The monoisotopic (exact) mass is 287 g/mol. The van der Waals surface area contributed by atoms with Crippen molar-refractivity contribution in [3.05, 3.63) is 89.5 Å². The van der Waals surface area contributed by atoms with Gasteiger partial charge in [0, 0.05) is 6.20 Å². The molecule has 0 aliphatic carbocycles. The van der Waals surface area contributed by atoms with Crippen molar-refractivity contribution < 1.29 is 0 Å². The van der Waals surface area contributed by atoms with Crippen LogP contribution in [0.4, 0.5) is 0 Å². The zero-order valence-electron chi connectivity index (χ0n) is 11.8. The Hall–Kier alpha value is -3.14. The third-order valence-corrected chi connectivity index (χ3v) is 3.62. The Balaban J connectivity index is 1.91. The van der Waals surface area contributed by atoms with Crippen molar-refractivity contribution in [2.75, 3.05) is 0 Å². The number of benzene rings is 2. The van der Waals surface area contributed by atoms with Crippen molar-refractivity contribution in [3.8, 4) is 16.8 Å². The first-order chi connectivity index (χ1) is 10.8. The molecule has 0 N–H and O–H groups in total. The van der Waals surface area contributed by atoms with Crippen molar-refractivity contribution in [2.24, 2.45) is 0 Å². The van der Waals surface area contributed by atoms with Gasteiger partial charge in [0.15, 0.2) is 5.65 Å². The van der Waals surface area contributed by atoms with Crippen molar-refractivity contribution >= 4 is 5.65 Å². The second-order valence-electron chi connectivity index (χ2n) is 5.04. The van der Waals surface area contributed by atoms with Crippen LogP contribution in [0.3, 0.4) is 0 Å². The quantitative estimate of drug-likeness (QED) is 0.568. The summed E-state index contributed by atoms with van der Waals surface area (Å²) in [5, 5.41) is 4.38. The highest BCUT2D eigenvalue weighted by molar-refractivity contribution is 5.64. The molecule has 0 unspecified atom stereocenters. The van der Waals surface area contributed by atoms with E-state index in [4.69, 9.17) is 0 Å². The lowest BCUT2D eigenvalue weighted by atomic mass is 10.1. The SMILES string of the molecule is O=c1n(-c2ccccc2)nc2ccc(-c3ccccc3)cn12. The van der Waals surface area contributed by atoms with Gasteiger partial charge in [-0.05, 0) is 35.4 Å². The molecule has 0 aliphatic heterocycles. The van der Waals surface area contributed by atoms with Crippen LogP contribution in [0, 0.1) is 0 Å². The molecule has 0 spiro atoms. The van der Waals surface area contributed by atoms with Gasteiger partial charge in [0.1, 0.15) is 0 Å². The summed E-state index contributed by atoms with van der Waals surface area (Å²) in [5.41, 5.74) is 3.29. The van der Waals surface area contributed by atoms with Crippen LogP contribution in [0.25, 0.3) is 22.5 Å². The summed E-state index contributed by atoms with van der Waals surface area (Å²) in [4.78, 5) is 12.6. The van der Waals surface area contributed by atoms with Crippen LogP contribution in [0.5, 0.6) is 0 Å². The van der Waals surface area contributed by atoms with E-state index in [0.717, 1.165) is 16.8 Å². The van der Waals surface area contributed by atoms with Gasteiger partial charge in [-0.25, -0.2) is 9.20 Å². The van der Waals surface area contributed by atoms with Gasteiger partial charge in [0.25, 0.3) is 0 Å². The van der Waals surface area contributed by atoms with Gasteiger partial charge in [-0.2, -0.15) is 4.68 Å². The van der Waals surface area contributed by atoms with E-state index in [9.17, 15) is 4.79 Å². The van der Waals surface area contributed by atoms with Gasteiger partial charge in [0.2, 0.25) is 0 Å². The summed E-state index contributed by atoms with van der Waals surface area (Å²) in [7, 11) is 0. The van der Waals surface area contributed by atoms with E-state index in [1.54, 1.807) is 4.40 Å². The molecule has 2 heterocycles. The minimum atomic E-state index is -0.168. The Morgan fingerprint density at radius 1 is 0.727 bits per heavy atom. The lowest BCUT2D eigenvalue weighted by Crippen LogP contribution is -2.19. The fourth-order valence-corrected chi connectivity index (χ4v) is 2.51. The average molecular weight is 287 g/mol.